The highest BCUT2D eigenvalue weighted by molar-refractivity contribution is 8.01. The molecule has 1 aromatic heterocycles. The Bertz CT molecular complexity index is 692. The first-order valence-corrected chi connectivity index (χ1v) is 7.79. The molecule has 0 saturated carbocycles. The molecular weight excluding hydrogens is 272 g/mol. The zero-order chi connectivity index (χ0) is 13.2. The normalized spacial score (nSPS) is 12.7. The minimum atomic E-state index is 0.402. The fourth-order valence-electron chi connectivity index (χ4n) is 1.91. The highest BCUT2D eigenvalue weighted by Gasteiger charge is 2.11. The van der Waals surface area contributed by atoms with Gasteiger partial charge in [0.1, 0.15) is 0 Å². The number of nitrogen functional groups attached to an aromatic ring is 1. The Morgan fingerprint density at radius 1 is 1.16 bits per heavy atom. The van der Waals surface area contributed by atoms with Gasteiger partial charge >= 0.3 is 0 Å². The van der Waals surface area contributed by atoms with Crippen LogP contribution in [0.5, 0.6) is 0 Å². The van der Waals surface area contributed by atoms with Gasteiger partial charge in [-0.05, 0) is 30.7 Å². The molecule has 2 nitrogen and oxygen atoms in total. The summed E-state index contributed by atoms with van der Waals surface area (Å²) < 4.78 is 2.25. The Kier molecular flexibility index (Phi) is 3.44. The third-order valence-electron chi connectivity index (χ3n) is 2.94. The van der Waals surface area contributed by atoms with Crippen molar-refractivity contribution in [2.75, 3.05) is 5.73 Å². The number of benzene rings is 2. The van der Waals surface area contributed by atoms with Gasteiger partial charge in [0.05, 0.1) is 10.2 Å². The molecule has 19 heavy (non-hydrogen) atoms. The summed E-state index contributed by atoms with van der Waals surface area (Å²) in [6.45, 7) is 2.21. The van der Waals surface area contributed by atoms with Crippen molar-refractivity contribution in [1.82, 2.24) is 4.98 Å². The van der Waals surface area contributed by atoms with E-state index in [1.165, 1.54) is 5.56 Å². The fraction of sp³-hybridized carbons (Fsp3) is 0.133. The van der Waals surface area contributed by atoms with Gasteiger partial charge in [0.15, 0.2) is 4.34 Å². The third-order valence-corrected chi connectivity index (χ3v) is 5.21. The van der Waals surface area contributed by atoms with Crippen LogP contribution in [-0.2, 0) is 0 Å². The van der Waals surface area contributed by atoms with Gasteiger partial charge in [-0.3, -0.25) is 0 Å². The van der Waals surface area contributed by atoms with Crippen molar-refractivity contribution in [3.8, 4) is 0 Å². The fourth-order valence-corrected chi connectivity index (χ4v) is 4.30. The summed E-state index contributed by atoms with van der Waals surface area (Å²) in [4.78, 5) is 4.65. The van der Waals surface area contributed by atoms with E-state index < -0.39 is 0 Å². The molecule has 1 heterocycles. The lowest BCUT2D eigenvalue weighted by Crippen LogP contribution is -1.86. The highest BCUT2D eigenvalue weighted by Crippen LogP contribution is 2.39. The number of aromatic nitrogens is 1. The molecule has 2 aromatic carbocycles. The molecule has 96 valence electrons. The predicted octanol–water partition coefficient (Wildman–Crippen LogP) is 4.73. The van der Waals surface area contributed by atoms with E-state index in [1.807, 2.05) is 24.3 Å². The molecule has 3 aromatic rings. The van der Waals surface area contributed by atoms with E-state index in [0.29, 0.717) is 5.25 Å². The van der Waals surface area contributed by atoms with Crippen LogP contribution in [-0.4, -0.2) is 4.98 Å². The number of hydrogen-bond donors (Lipinski definition) is 1. The number of fused-ring (bicyclic) bond motifs is 1. The molecule has 0 unspecified atom stereocenters. The minimum absolute atomic E-state index is 0.402. The summed E-state index contributed by atoms with van der Waals surface area (Å²) in [5.41, 5.74) is 8.95. The maximum atomic E-state index is 5.80. The second-order valence-electron chi connectivity index (χ2n) is 4.38. The lowest BCUT2D eigenvalue weighted by Gasteiger charge is -2.08. The zero-order valence-corrected chi connectivity index (χ0v) is 12.2. The molecule has 3 rings (SSSR count). The summed E-state index contributed by atoms with van der Waals surface area (Å²) in [5, 5.41) is 0.402. The number of nitrogens with two attached hydrogens (primary N) is 1. The lowest BCUT2D eigenvalue weighted by molar-refractivity contribution is 1.09. The van der Waals surface area contributed by atoms with E-state index in [9.17, 15) is 0 Å². The summed E-state index contributed by atoms with van der Waals surface area (Å²) >= 11 is 3.50. The van der Waals surface area contributed by atoms with E-state index in [-0.39, 0.29) is 0 Å². The van der Waals surface area contributed by atoms with E-state index in [1.54, 1.807) is 23.1 Å². The predicted molar refractivity (Wildman–Crippen MR) is 84.7 cm³/mol. The summed E-state index contributed by atoms with van der Waals surface area (Å²) in [5.74, 6) is 0. The molecule has 0 aliphatic carbocycles. The molecule has 0 aliphatic heterocycles. The number of thioether (sulfide) groups is 1. The van der Waals surface area contributed by atoms with Crippen molar-refractivity contribution in [2.24, 2.45) is 0 Å². The maximum Gasteiger partial charge on any atom is 0.151 e. The Morgan fingerprint density at radius 2 is 1.95 bits per heavy atom. The number of thiazole rings is 1. The van der Waals surface area contributed by atoms with Crippen LogP contribution in [0.25, 0.3) is 10.2 Å². The molecule has 0 amide bonds. The van der Waals surface area contributed by atoms with Gasteiger partial charge in [-0.1, -0.05) is 42.1 Å². The largest absolute Gasteiger partial charge is 0.399 e. The van der Waals surface area contributed by atoms with Crippen LogP contribution >= 0.6 is 23.1 Å². The van der Waals surface area contributed by atoms with Gasteiger partial charge in [-0.2, -0.15) is 0 Å². The van der Waals surface area contributed by atoms with Crippen LogP contribution in [0.15, 0.2) is 52.9 Å². The molecule has 0 spiro atoms. The highest BCUT2D eigenvalue weighted by atomic mass is 32.2. The van der Waals surface area contributed by atoms with Crippen molar-refractivity contribution in [3.63, 3.8) is 0 Å². The molecular formula is C15H14N2S2. The van der Waals surface area contributed by atoms with Crippen molar-refractivity contribution < 1.29 is 0 Å². The molecule has 2 N–H and O–H groups in total. The van der Waals surface area contributed by atoms with Crippen LogP contribution in [0.3, 0.4) is 0 Å². The number of anilines is 1. The van der Waals surface area contributed by atoms with Crippen molar-refractivity contribution in [3.05, 3.63) is 54.1 Å². The minimum Gasteiger partial charge on any atom is -0.399 e. The van der Waals surface area contributed by atoms with Gasteiger partial charge in [-0.25, -0.2) is 4.98 Å². The Labute approximate surface area is 120 Å². The van der Waals surface area contributed by atoms with E-state index in [4.69, 9.17) is 5.73 Å². The Hall–Kier alpha value is -1.52. The first-order valence-electron chi connectivity index (χ1n) is 6.10. The van der Waals surface area contributed by atoms with Gasteiger partial charge in [-0.15, -0.1) is 11.3 Å². The topological polar surface area (TPSA) is 38.9 Å². The average Bonchev–Trinajstić information content (AvgIpc) is 2.81. The van der Waals surface area contributed by atoms with Gasteiger partial charge in [0.2, 0.25) is 0 Å². The summed E-state index contributed by atoms with van der Waals surface area (Å²) in [6.07, 6.45) is 0. The molecule has 0 bridgehead atoms. The van der Waals surface area contributed by atoms with Gasteiger partial charge in [0.25, 0.3) is 0 Å². The Balaban J connectivity index is 1.85. The summed E-state index contributed by atoms with van der Waals surface area (Å²) in [6, 6.07) is 16.4. The zero-order valence-electron chi connectivity index (χ0n) is 10.5. The maximum absolute atomic E-state index is 5.80. The SMILES string of the molecule is C[C@@H](Sc1nc2ccc(N)cc2s1)c1ccccc1. The Morgan fingerprint density at radius 3 is 2.74 bits per heavy atom. The van der Waals surface area contributed by atoms with Crippen molar-refractivity contribution in [2.45, 2.75) is 16.5 Å². The average molecular weight is 286 g/mol. The van der Waals surface area contributed by atoms with E-state index >= 15 is 0 Å². The molecule has 0 radical (unpaired) electrons. The smallest absolute Gasteiger partial charge is 0.151 e. The van der Waals surface area contributed by atoms with Crippen molar-refractivity contribution >= 4 is 39.0 Å². The van der Waals surface area contributed by atoms with Crippen LogP contribution in [0.4, 0.5) is 5.69 Å². The number of nitrogens with zero attached hydrogens (tertiary/aromatic N) is 1. The molecule has 1 atom stereocenters. The second kappa shape index (κ2) is 5.23. The first kappa shape index (κ1) is 12.5. The number of hydrogen-bond acceptors (Lipinski definition) is 4. The van der Waals surface area contributed by atoms with Crippen LogP contribution in [0.2, 0.25) is 0 Å². The van der Waals surface area contributed by atoms with E-state index in [0.717, 1.165) is 20.2 Å². The molecule has 4 heteroatoms. The van der Waals surface area contributed by atoms with Gasteiger partial charge in [0, 0.05) is 10.9 Å². The quantitative estimate of drug-likeness (QED) is 0.558. The second-order valence-corrected chi connectivity index (χ2v) is 7.00. The lowest BCUT2D eigenvalue weighted by atomic mass is 10.2. The van der Waals surface area contributed by atoms with Crippen LogP contribution in [0, 0.1) is 0 Å². The van der Waals surface area contributed by atoms with Crippen LogP contribution in [0.1, 0.15) is 17.7 Å². The monoisotopic (exact) mass is 286 g/mol. The third kappa shape index (κ3) is 2.74. The number of rotatable bonds is 3. The van der Waals surface area contributed by atoms with Crippen LogP contribution < -0.4 is 5.73 Å². The standard InChI is InChI=1S/C15H14N2S2/c1-10(11-5-3-2-4-6-11)18-15-17-13-8-7-12(16)9-14(13)19-15/h2-10H,16H2,1H3/t10-/m1/s1. The molecule has 0 saturated heterocycles. The summed E-state index contributed by atoms with van der Waals surface area (Å²) in [7, 11) is 0. The molecule has 0 aliphatic rings. The molecule has 0 fully saturated rings. The first-order chi connectivity index (χ1) is 9.22. The van der Waals surface area contributed by atoms with Crippen molar-refractivity contribution in [1.29, 1.82) is 0 Å². The van der Waals surface area contributed by atoms with Gasteiger partial charge < -0.3 is 5.73 Å². The van der Waals surface area contributed by atoms with E-state index in [2.05, 4.69) is 36.2 Å².